The average Bonchev–Trinajstić information content (AvgIpc) is 3.11. The Morgan fingerprint density at radius 3 is 2.89 bits per heavy atom. The van der Waals surface area contributed by atoms with E-state index in [1.807, 2.05) is 4.90 Å². The van der Waals surface area contributed by atoms with Crippen LogP contribution in [0.2, 0.25) is 5.02 Å². The highest BCUT2D eigenvalue weighted by molar-refractivity contribution is 6.31. The Morgan fingerprint density at radius 1 is 1.44 bits per heavy atom. The van der Waals surface area contributed by atoms with Gasteiger partial charge in [0.25, 0.3) is 5.91 Å². The summed E-state index contributed by atoms with van der Waals surface area (Å²) in [5, 5.41) is 3.44. The molecule has 0 radical (unpaired) electrons. The SMILES string of the molecule is O=C(c1ccc(F)c(Cl)c1)N1CCNC2(CC2)C1. The molecule has 1 saturated carbocycles. The third kappa shape index (κ3) is 2.10. The van der Waals surface area contributed by atoms with Crippen LogP contribution in [0, 0.1) is 5.82 Å². The minimum Gasteiger partial charge on any atom is -0.336 e. The van der Waals surface area contributed by atoms with Crippen LogP contribution in [-0.2, 0) is 0 Å². The fourth-order valence-corrected chi connectivity index (χ4v) is 2.61. The number of benzene rings is 1. The number of rotatable bonds is 1. The largest absolute Gasteiger partial charge is 0.336 e. The molecule has 18 heavy (non-hydrogen) atoms. The lowest BCUT2D eigenvalue weighted by Crippen LogP contribution is -2.54. The monoisotopic (exact) mass is 268 g/mol. The second-order valence-corrected chi connectivity index (χ2v) is 5.47. The first-order valence-electron chi connectivity index (χ1n) is 6.09. The Morgan fingerprint density at radius 2 is 2.22 bits per heavy atom. The van der Waals surface area contributed by atoms with Gasteiger partial charge in [-0.1, -0.05) is 11.6 Å². The highest BCUT2D eigenvalue weighted by Gasteiger charge is 2.46. The average molecular weight is 269 g/mol. The molecule has 3 rings (SSSR count). The molecule has 1 aromatic rings. The lowest BCUT2D eigenvalue weighted by atomic mass is 10.1. The Bertz CT molecular complexity index is 502. The van der Waals surface area contributed by atoms with Crippen LogP contribution < -0.4 is 5.32 Å². The maximum Gasteiger partial charge on any atom is 0.254 e. The minimum absolute atomic E-state index is 0.00267. The molecule has 0 unspecified atom stereocenters. The molecule has 0 aromatic heterocycles. The van der Waals surface area contributed by atoms with Crippen molar-refractivity contribution >= 4 is 17.5 Å². The van der Waals surface area contributed by atoms with Gasteiger partial charge in [0.1, 0.15) is 5.82 Å². The minimum atomic E-state index is -0.493. The van der Waals surface area contributed by atoms with Crippen molar-refractivity contribution in [2.45, 2.75) is 18.4 Å². The van der Waals surface area contributed by atoms with Gasteiger partial charge in [-0.2, -0.15) is 0 Å². The van der Waals surface area contributed by atoms with Crippen LogP contribution in [0.1, 0.15) is 23.2 Å². The van der Waals surface area contributed by atoms with Gasteiger partial charge in [0.15, 0.2) is 0 Å². The van der Waals surface area contributed by atoms with Crippen molar-refractivity contribution in [1.29, 1.82) is 0 Å². The molecule has 1 N–H and O–H groups in total. The first-order valence-corrected chi connectivity index (χ1v) is 6.47. The Balaban J connectivity index is 1.79. The summed E-state index contributed by atoms with van der Waals surface area (Å²) >= 11 is 5.71. The van der Waals surface area contributed by atoms with E-state index < -0.39 is 5.82 Å². The van der Waals surface area contributed by atoms with Gasteiger partial charge < -0.3 is 10.2 Å². The summed E-state index contributed by atoms with van der Waals surface area (Å²) in [4.78, 5) is 14.1. The molecule has 5 heteroatoms. The van der Waals surface area contributed by atoms with Gasteiger partial charge in [-0.3, -0.25) is 4.79 Å². The lowest BCUT2D eigenvalue weighted by molar-refractivity contribution is 0.0691. The first kappa shape index (κ1) is 11.9. The first-order chi connectivity index (χ1) is 8.60. The number of piperazine rings is 1. The lowest BCUT2D eigenvalue weighted by Gasteiger charge is -2.34. The number of halogens is 2. The van der Waals surface area contributed by atoms with Crippen LogP contribution in [-0.4, -0.2) is 36.0 Å². The van der Waals surface area contributed by atoms with Gasteiger partial charge in [0.2, 0.25) is 0 Å². The van der Waals surface area contributed by atoms with Gasteiger partial charge in [-0.05, 0) is 31.0 Å². The number of nitrogens with one attached hydrogen (secondary N) is 1. The van der Waals surface area contributed by atoms with E-state index in [9.17, 15) is 9.18 Å². The Kier molecular flexibility index (Phi) is 2.79. The summed E-state index contributed by atoms with van der Waals surface area (Å²) in [7, 11) is 0. The van der Waals surface area contributed by atoms with E-state index in [2.05, 4.69) is 5.32 Å². The Hall–Kier alpha value is -1.13. The fraction of sp³-hybridized carbons (Fsp3) is 0.462. The van der Waals surface area contributed by atoms with Gasteiger partial charge >= 0.3 is 0 Å². The third-order valence-electron chi connectivity index (χ3n) is 3.68. The van der Waals surface area contributed by atoms with E-state index in [4.69, 9.17) is 11.6 Å². The summed E-state index contributed by atoms with van der Waals surface area (Å²) in [5.74, 6) is -0.558. The molecular formula is C13H14ClFN2O. The van der Waals surface area contributed by atoms with Crippen molar-refractivity contribution in [1.82, 2.24) is 10.2 Å². The van der Waals surface area contributed by atoms with E-state index in [0.717, 1.165) is 25.9 Å². The fourth-order valence-electron chi connectivity index (χ4n) is 2.43. The number of hydrogen-bond acceptors (Lipinski definition) is 2. The second kappa shape index (κ2) is 4.21. The highest BCUT2D eigenvalue weighted by Crippen LogP contribution is 2.37. The van der Waals surface area contributed by atoms with Crippen molar-refractivity contribution in [3.63, 3.8) is 0 Å². The van der Waals surface area contributed by atoms with Gasteiger partial charge in [0, 0.05) is 30.7 Å². The summed E-state index contributed by atoms with van der Waals surface area (Å²) in [6.45, 7) is 2.25. The molecule has 3 nitrogen and oxygen atoms in total. The van der Waals surface area contributed by atoms with Crippen molar-refractivity contribution in [2.24, 2.45) is 0 Å². The molecule has 1 heterocycles. The molecule has 1 spiro atoms. The van der Waals surface area contributed by atoms with Crippen LogP contribution in [0.15, 0.2) is 18.2 Å². The van der Waals surface area contributed by atoms with Crippen LogP contribution in [0.25, 0.3) is 0 Å². The summed E-state index contributed by atoms with van der Waals surface area (Å²) in [6, 6.07) is 4.14. The van der Waals surface area contributed by atoms with E-state index in [1.54, 1.807) is 0 Å². The molecule has 2 fully saturated rings. The van der Waals surface area contributed by atoms with Crippen molar-refractivity contribution < 1.29 is 9.18 Å². The molecule has 2 aliphatic rings. The summed E-state index contributed by atoms with van der Waals surface area (Å²) < 4.78 is 13.1. The van der Waals surface area contributed by atoms with Gasteiger partial charge in [-0.25, -0.2) is 4.39 Å². The molecule has 0 bridgehead atoms. The van der Waals surface area contributed by atoms with E-state index in [-0.39, 0.29) is 16.5 Å². The quantitative estimate of drug-likeness (QED) is 0.846. The zero-order chi connectivity index (χ0) is 12.8. The van der Waals surface area contributed by atoms with E-state index >= 15 is 0 Å². The predicted octanol–water partition coefficient (Wildman–Crippen LogP) is 2.06. The second-order valence-electron chi connectivity index (χ2n) is 5.06. The molecule has 1 saturated heterocycles. The Labute approximate surface area is 110 Å². The molecule has 1 aliphatic heterocycles. The van der Waals surface area contributed by atoms with Crippen molar-refractivity contribution in [3.8, 4) is 0 Å². The summed E-state index contributed by atoms with van der Waals surface area (Å²) in [6.07, 6.45) is 2.25. The molecule has 1 aromatic carbocycles. The van der Waals surface area contributed by atoms with E-state index in [0.29, 0.717) is 12.1 Å². The number of carbonyl (C=O) groups is 1. The number of amides is 1. The molecular weight excluding hydrogens is 255 g/mol. The van der Waals surface area contributed by atoms with Crippen LogP contribution in [0.3, 0.4) is 0 Å². The third-order valence-corrected chi connectivity index (χ3v) is 3.97. The molecule has 0 atom stereocenters. The van der Waals surface area contributed by atoms with Crippen LogP contribution >= 0.6 is 11.6 Å². The number of carbonyl (C=O) groups excluding carboxylic acids is 1. The molecule has 1 aliphatic carbocycles. The predicted molar refractivity (Wildman–Crippen MR) is 67.3 cm³/mol. The number of nitrogens with zero attached hydrogens (tertiary/aromatic N) is 1. The highest BCUT2D eigenvalue weighted by atomic mass is 35.5. The standard InChI is InChI=1S/C13H14ClFN2O/c14-10-7-9(1-2-11(10)15)12(18)17-6-5-16-13(8-17)3-4-13/h1-2,7,16H,3-6,8H2. The smallest absolute Gasteiger partial charge is 0.254 e. The maximum absolute atomic E-state index is 13.1. The van der Waals surface area contributed by atoms with Gasteiger partial charge in [-0.15, -0.1) is 0 Å². The van der Waals surface area contributed by atoms with Gasteiger partial charge in [0.05, 0.1) is 5.02 Å². The van der Waals surface area contributed by atoms with Crippen LogP contribution in [0.5, 0.6) is 0 Å². The maximum atomic E-state index is 13.1. The zero-order valence-corrected chi connectivity index (χ0v) is 10.6. The van der Waals surface area contributed by atoms with Crippen LogP contribution in [0.4, 0.5) is 4.39 Å². The normalized spacial score (nSPS) is 21.1. The summed E-state index contributed by atoms with van der Waals surface area (Å²) in [5.41, 5.74) is 0.608. The number of hydrogen-bond donors (Lipinski definition) is 1. The van der Waals surface area contributed by atoms with Crippen molar-refractivity contribution in [2.75, 3.05) is 19.6 Å². The molecule has 96 valence electrons. The molecule has 1 amide bonds. The topological polar surface area (TPSA) is 32.3 Å². The zero-order valence-electron chi connectivity index (χ0n) is 9.88. The van der Waals surface area contributed by atoms with Crippen molar-refractivity contribution in [3.05, 3.63) is 34.6 Å². The van der Waals surface area contributed by atoms with E-state index in [1.165, 1.54) is 18.2 Å².